The Morgan fingerprint density at radius 3 is 2.37 bits per heavy atom. The minimum Gasteiger partial charge on any atom is -0.508 e. The van der Waals surface area contributed by atoms with E-state index in [1.165, 1.54) is 5.57 Å². The van der Waals surface area contributed by atoms with Crippen LogP contribution in [0.3, 0.4) is 0 Å². The van der Waals surface area contributed by atoms with Crippen LogP contribution in [0.1, 0.15) is 17.3 Å². The number of benzene rings is 2. The van der Waals surface area contributed by atoms with Crippen molar-refractivity contribution < 1.29 is 9.90 Å². The number of fused-ring (bicyclic) bond motifs is 1. The van der Waals surface area contributed by atoms with Crippen molar-refractivity contribution in [1.82, 2.24) is 4.90 Å². The van der Waals surface area contributed by atoms with Crippen LogP contribution >= 0.6 is 12.4 Å². The number of phenols is 1. The molecule has 5 heteroatoms. The Kier molecular flexibility index (Phi) is 5.47. The molecule has 4 nitrogen and oxygen atoms in total. The number of aliphatic imine (C=N–C) groups is 1. The minimum atomic E-state index is -0.130. The second-order valence-electron chi connectivity index (χ2n) is 6.74. The Labute approximate surface area is 165 Å². The molecule has 2 aromatic rings. The van der Waals surface area contributed by atoms with E-state index in [4.69, 9.17) is 0 Å². The lowest BCUT2D eigenvalue weighted by Gasteiger charge is -2.31. The van der Waals surface area contributed by atoms with Gasteiger partial charge in [0.2, 0.25) is 0 Å². The third kappa shape index (κ3) is 3.96. The number of carbonyl (C=O) groups is 1. The summed E-state index contributed by atoms with van der Waals surface area (Å²) in [5.74, 6) is 1.19. The summed E-state index contributed by atoms with van der Waals surface area (Å²) in [5, 5.41) is 9.39. The van der Waals surface area contributed by atoms with E-state index in [0.29, 0.717) is 18.7 Å². The number of ketones is 1. The predicted molar refractivity (Wildman–Crippen MR) is 111 cm³/mol. The van der Waals surface area contributed by atoms with Gasteiger partial charge in [0.05, 0.1) is 12.5 Å². The molecule has 0 bridgehead atoms. The molecule has 0 radical (unpaired) electrons. The van der Waals surface area contributed by atoms with E-state index >= 15 is 0 Å². The van der Waals surface area contributed by atoms with Gasteiger partial charge < -0.3 is 10.0 Å². The van der Waals surface area contributed by atoms with Crippen molar-refractivity contribution >= 4 is 24.0 Å². The van der Waals surface area contributed by atoms with Gasteiger partial charge in [0, 0.05) is 18.3 Å². The number of rotatable bonds is 3. The third-order valence-electron chi connectivity index (χ3n) is 4.80. The predicted octanol–water partition coefficient (Wildman–Crippen LogP) is 4.47. The highest BCUT2D eigenvalue weighted by Crippen LogP contribution is 2.24. The molecule has 1 atom stereocenters. The van der Waals surface area contributed by atoms with Crippen LogP contribution in [0, 0.1) is 5.92 Å². The summed E-state index contributed by atoms with van der Waals surface area (Å²) in [4.78, 5) is 19.5. The monoisotopic (exact) mass is 380 g/mol. The van der Waals surface area contributed by atoms with E-state index in [-0.39, 0.29) is 29.9 Å². The molecule has 2 aliphatic heterocycles. The number of halogens is 1. The molecule has 0 aliphatic carbocycles. The van der Waals surface area contributed by atoms with E-state index in [2.05, 4.69) is 4.99 Å². The van der Waals surface area contributed by atoms with Gasteiger partial charge >= 0.3 is 0 Å². The van der Waals surface area contributed by atoms with Crippen LogP contribution in [-0.2, 0) is 0 Å². The van der Waals surface area contributed by atoms with E-state index in [9.17, 15) is 9.90 Å². The maximum Gasteiger partial charge on any atom is 0.169 e. The largest absolute Gasteiger partial charge is 0.508 e. The molecule has 0 spiro atoms. The zero-order valence-electron chi connectivity index (χ0n) is 15.0. The lowest BCUT2D eigenvalue weighted by Crippen LogP contribution is -2.40. The average molecular weight is 381 g/mol. The van der Waals surface area contributed by atoms with Gasteiger partial charge in [-0.15, -0.1) is 12.4 Å². The topological polar surface area (TPSA) is 52.9 Å². The van der Waals surface area contributed by atoms with Gasteiger partial charge in [-0.1, -0.05) is 36.4 Å². The van der Waals surface area contributed by atoms with Crippen LogP contribution < -0.4 is 0 Å². The van der Waals surface area contributed by atoms with Crippen molar-refractivity contribution in [3.63, 3.8) is 0 Å². The standard InChI is InChI=1S/C22H20N2O2.ClH/c1-15-10-11-24-14-19(13-23-21(24)12-15)22(26)18-4-2-16(3-5-18)17-6-8-20(25)9-7-17;/h2-12,19,25H,13-14H2,1H3;1H. The van der Waals surface area contributed by atoms with Crippen LogP contribution in [-0.4, -0.2) is 34.7 Å². The fraction of sp³-hybridized carbons (Fsp3) is 0.182. The molecule has 0 amide bonds. The molecule has 1 N–H and O–H groups in total. The van der Waals surface area contributed by atoms with Crippen molar-refractivity contribution in [1.29, 1.82) is 0 Å². The molecule has 2 aliphatic rings. The number of hydrogen-bond donors (Lipinski definition) is 1. The number of allylic oxidation sites excluding steroid dienone is 2. The second-order valence-corrected chi connectivity index (χ2v) is 6.74. The zero-order chi connectivity index (χ0) is 18.1. The molecule has 0 saturated carbocycles. The van der Waals surface area contributed by atoms with Gasteiger partial charge in [-0.2, -0.15) is 0 Å². The molecule has 2 heterocycles. The molecule has 1 unspecified atom stereocenters. The van der Waals surface area contributed by atoms with Crippen LogP contribution in [0.15, 0.2) is 77.4 Å². The summed E-state index contributed by atoms with van der Waals surface area (Å²) in [5.41, 5.74) is 3.91. The Bertz CT molecular complexity index is 928. The highest BCUT2D eigenvalue weighted by molar-refractivity contribution is 6.01. The molecule has 0 fully saturated rings. The summed E-state index contributed by atoms with van der Waals surface area (Å²) in [6, 6.07) is 14.7. The first kappa shape index (κ1) is 18.9. The molecular weight excluding hydrogens is 360 g/mol. The van der Waals surface area contributed by atoms with Crippen molar-refractivity contribution in [3.05, 3.63) is 78.0 Å². The molecule has 4 rings (SSSR count). The van der Waals surface area contributed by atoms with E-state index in [0.717, 1.165) is 17.0 Å². The van der Waals surface area contributed by atoms with Crippen LogP contribution in [0.4, 0.5) is 0 Å². The Morgan fingerprint density at radius 2 is 1.70 bits per heavy atom. The van der Waals surface area contributed by atoms with Crippen molar-refractivity contribution in [3.8, 4) is 16.9 Å². The van der Waals surface area contributed by atoms with Crippen LogP contribution in [0.2, 0.25) is 0 Å². The molecule has 138 valence electrons. The minimum absolute atomic E-state index is 0. The van der Waals surface area contributed by atoms with Gasteiger partial charge in [0.1, 0.15) is 11.6 Å². The van der Waals surface area contributed by atoms with Gasteiger partial charge in [0.25, 0.3) is 0 Å². The molecule has 0 saturated heterocycles. The van der Waals surface area contributed by atoms with E-state index < -0.39 is 0 Å². The van der Waals surface area contributed by atoms with Gasteiger partial charge in [-0.05, 0) is 47.9 Å². The fourth-order valence-corrected chi connectivity index (χ4v) is 3.29. The van der Waals surface area contributed by atoms with E-state index in [1.807, 2.05) is 66.6 Å². The first-order chi connectivity index (χ1) is 12.6. The zero-order valence-corrected chi connectivity index (χ0v) is 15.8. The van der Waals surface area contributed by atoms with Crippen molar-refractivity contribution in [2.75, 3.05) is 13.1 Å². The summed E-state index contributed by atoms with van der Waals surface area (Å²) in [6.07, 6.45) is 6.09. The average Bonchev–Trinajstić information content (AvgIpc) is 2.68. The Balaban J connectivity index is 0.00000210. The Hall–Kier alpha value is -2.85. The highest BCUT2D eigenvalue weighted by Gasteiger charge is 2.27. The SMILES string of the molecule is CC1=CC2=NCC(C(=O)c3ccc(-c4ccc(O)cc4)cc3)CN2C=C1.Cl. The van der Waals surface area contributed by atoms with Gasteiger partial charge in [-0.3, -0.25) is 9.79 Å². The fourth-order valence-electron chi connectivity index (χ4n) is 3.29. The summed E-state index contributed by atoms with van der Waals surface area (Å²) < 4.78 is 0. The van der Waals surface area contributed by atoms with Crippen LogP contribution in [0.25, 0.3) is 11.1 Å². The Morgan fingerprint density at radius 1 is 1.07 bits per heavy atom. The summed E-state index contributed by atoms with van der Waals surface area (Å²) in [6.45, 7) is 3.24. The number of carbonyl (C=O) groups excluding carboxylic acids is 1. The summed E-state index contributed by atoms with van der Waals surface area (Å²) in [7, 11) is 0. The first-order valence-electron chi connectivity index (χ1n) is 8.71. The lowest BCUT2D eigenvalue weighted by atomic mass is 9.94. The number of nitrogens with zero attached hydrogens (tertiary/aromatic N) is 2. The number of amidine groups is 1. The maximum absolute atomic E-state index is 12.9. The molecule has 2 aromatic carbocycles. The lowest BCUT2D eigenvalue weighted by molar-refractivity contribution is 0.0909. The maximum atomic E-state index is 12.9. The van der Waals surface area contributed by atoms with E-state index in [1.54, 1.807) is 12.1 Å². The van der Waals surface area contributed by atoms with Gasteiger partial charge in [0.15, 0.2) is 5.78 Å². The quantitative estimate of drug-likeness (QED) is 0.799. The first-order valence-corrected chi connectivity index (χ1v) is 8.71. The number of Topliss-reactive ketones (excluding diaryl/α,β-unsaturated/α-hetero) is 1. The molecule has 27 heavy (non-hydrogen) atoms. The van der Waals surface area contributed by atoms with Crippen molar-refractivity contribution in [2.24, 2.45) is 10.9 Å². The molecule has 0 aromatic heterocycles. The second kappa shape index (κ2) is 7.80. The molecular formula is C22H21ClN2O2. The third-order valence-corrected chi connectivity index (χ3v) is 4.80. The normalized spacial score (nSPS) is 18.1. The highest BCUT2D eigenvalue weighted by atomic mass is 35.5. The number of aromatic hydroxyl groups is 1. The number of hydrogen-bond acceptors (Lipinski definition) is 4. The van der Waals surface area contributed by atoms with Gasteiger partial charge in [-0.25, -0.2) is 0 Å². The summed E-state index contributed by atoms with van der Waals surface area (Å²) >= 11 is 0. The van der Waals surface area contributed by atoms with Crippen molar-refractivity contribution in [2.45, 2.75) is 6.92 Å². The van der Waals surface area contributed by atoms with Crippen LogP contribution in [0.5, 0.6) is 5.75 Å². The smallest absolute Gasteiger partial charge is 0.169 e. The number of phenolic OH excluding ortho intramolecular Hbond substituents is 1.